The molecule has 0 atom stereocenters. The van der Waals surface area contributed by atoms with Crippen molar-refractivity contribution in [2.45, 2.75) is 19.0 Å². The largest absolute Gasteiger partial charge is 0.278 e. The number of nitro groups is 1. The van der Waals surface area contributed by atoms with Crippen LogP contribution in [0.4, 0.5) is 5.69 Å². The summed E-state index contributed by atoms with van der Waals surface area (Å²) in [5, 5.41) is 15.1. The fraction of sp³-hybridized carbons (Fsp3) is 0.200. The number of rotatable bonds is 6. The van der Waals surface area contributed by atoms with E-state index in [1.165, 1.54) is 24.0 Å². The van der Waals surface area contributed by atoms with E-state index in [4.69, 9.17) is 0 Å². The second-order valence-electron chi connectivity index (χ2n) is 4.83. The van der Waals surface area contributed by atoms with E-state index in [1.54, 1.807) is 18.2 Å². The summed E-state index contributed by atoms with van der Waals surface area (Å²) in [4.78, 5) is 30.6. The number of thioether (sulfide) groups is 1. The first-order valence-corrected chi connectivity index (χ1v) is 7.94. The van der Waals surface area contributed by atoms with Crippen LogP contribution in [0.15, 0.2) is 40.6 Å². The summed E-state index contributed by atoms with van der Waals surface area (Å²) in [5.41, 5.74) is 4.23. The Morgan fingerprint density at radius 1 is 1.33 bits per heavy atom. The molecule has 8 nitrogen and oxygen atoms in total. The Hall–Kier alpha value is -2.81. The van der Waals surface area contributed by atoms with E-state index in [9.17, 15) is 14.9 Å². The molecule has 1 heterocycles. The lowest BCUT2D eigenvalue weighted by Crippen LogP contribution is -2.20. The normalized spacial score (nSPS) is 10.8. The molecule has 0 aliphatic carbocycles. The highest BCUT2D eigenvalue weighted by Crippen LogP contribution is 2.15. The van der Waals surface area contributed by atoms with Crippen LogP contribution in [-0.2, 0) is 4.79 Å². The van der Waals surface area contributed by atoms with Gasteiger partial charge in [-0.3, -0.25) is 14.9 Å². The number of benzene rings is 1. The molecular formula is C15H15N5O3S. The fourth-order valence-corrected chi connectivity index (χ4v) is 2.60. The molecule has 0 saturated carbocycles. The summed E-state index contributed by atoms with van der Waals surface area (Å²) >= 11 is 1.19. The van der Waals surface area contributed by atoms with Crippen molar-refractivity contribution in [2.75, 3.05) is 5.75 Å². The van der Waals surface area contributed by atoms with Crippen LogP contribution in [-0.4, -0.2) is 32.8 Å². The number of nitrogens with one attached hydrogen (secondary N) is 1. The van der Waals surface area contributed by atoms with E-state index >= 15 is 0 Å². The van der Waals surface area contributed by atoms with Crippen molar-refractivity contribution in [3.63, 3.8) is 0 Å². The van der Waals surface area contributed by atoms with E-state index in [-0.39, 0.29) is 17.3 Å². The summed E-state index contributed by atoms with van der Waals surface area (Å²) in [6.07, 6.45) is 1.24. The number of para-hydroxylation sites is 1. The Morgan fingerprint density at radius 2 is 2.00 bits per heavy atom. The first-order valence-electron chi connectivity index (χ1n) is 6.96. The first kappa shape index (κ1) is 17.5. The van der Waals surface area contributed by atoms with Crippen LogP contribution in [0.2, 0.25) is 0 Å². The van der Waals surface area contributed by atoms with Crippen LogP contribution in [0.1, 0.15) is 17.0 Å². The smallest absolute Gasteiger partial charge is 0.272 e. The number of hydrogen-bond acceptors (Lipinski definition) is 7. The quantitative estimate of drug-likeness (QED) is 0.283. The van der Waals surface area contributed by atoms with Crippen molar-refractivity contribution in [3.05, 3.63) is 57.4 Å². The van der Waals surface area contributed by atoms with Gasteiger partial charge in [-0.25, -0.2) is 15.4 Å². The summed E-state index contributed by atoms with van der Waals surface area (Å²) < 4.78 is 0. The highest BCUT2D eigenvalue weighted by molar-refractivity contribution is 7.99. The summed E-state index contributed by atoms with van der Waals surface area (Å²) in [5.74, 6) is -0.255. The van der Waals surface area contributed by atoms with Crippen molar-refractivity contribution in [1.29, 1.82) is 0 Å². The van der Waals surface area contributed by atoms with Crippen molar-refractivity contribution >= 4 is 29.6 Å². The highest BCUT2D eigenvalue weighted by atomic mass is 32.2. The van der Waals surface area contributed by atoms with Crippen LogP contribution >= 0.6 is 11.8 Å². The van der Waals surface area contributed by atoms with E-state index in [0.29, 0.717) is 10.7 Å². The molecule has 9 heteroatoms. The molecule has 0 aliphatic rings. The van der Waals surface area contributed by atoms with Crippen molar-refractivity contribution in [3.8, 4) is 0 Å². The lowest BCUT2D eigenvalue weighted by molar-refractivity contribution is -0.385. The molecule has 0 fully saturated rings. The topological polar surface area (TPSA) is 110 Å². The maximum atomic E-state index is 11.8. The van der Waals surface area contributed by atoms with Crippen LogP contribution in [0, 0.1) is 24.0 Å². The maximum absolute atomic E-state index is 11.8. The Labute approximate surface area is 142 Å². The Balaban J connectivity index is 1.90. The number of aromatic nitrogens is 2. The van der Waals surface area contributed by atoms with E-state index < -0.39 is 4.92 Å². The zero-order chi connectivity index (χ0) is 17.5. The molecule has 0 saturated heterocycles. The average molecular weight is 345 g/mol. The molecule has 2 rings (SSSR count). The molecule has 1 amide bonds. The van der Waals surface area contributed by atoms with Gasteiger partial charge in [0.25, 0.3) is 11.6 Å². The molecule has 24 heavy (non-hydrogen) atoms. The van der Waals surface area contributed by atoms with Gasteiger partial charge >= 0.3 is 0 Å². The van der Waals surface area contributed by atoms with E-state index in [2.05, 4.69) is 20.5 Å². The second kappa shape index (κ2) is 8.16. The van der Waals surface area contributed by atoms with Gasteiger partial charge in [0.2, 0.25) is 0 Å². The molecule has 0 bridgehead atoms. The minimum absolute atomic E-state index is 0.0755. The molecule has 124 valence electrons. The number of hydrogen-bond donors (Lipinski definition) is 1. The minimum Gasteiger partial charge on any atom is -0.272 e. The van der Waals surface area contributed by atoms with Crippen LogP contribution in [0.25, 0.3) is 0 Å². The van der Waals surface area contributed by atoms with Gasteiger partial charge in [-0.1, -0.05) is 23.9 Å². The number of amides is 1. The first-order chi connectivity index (χ1) is 11.5. The number of nitro benzene ring substituents is 1. The SMILES string of the molecule is Cc1cc(C)nc(SCC(=O)NN=Cc2ccccc2[N+](=O)[O-])n1. The predicted molar refractivity (Wildman–Crippen MR) is 91.1 cm³/mol. The molecule has 1 aromatic carbocycles. The lowest BCUT2D eigenvalue weighted by Gasteiger charge is -2.02. The third-order valence-corrected chi connectivity index (χ3v) is 3.67. The van der Waals surface area contributed by atoms with Gasteiger partial charge in [0, 0.05) is 17.5 Å². The Morgan fingerprint density at radius 3 is 2.67 bits per heavy atom. The van der Waals surface area contributed by atoms with E-state index in [1.807, 2.05) is 19.9 Å². The summed E-state index contributed by atoms with van der Waals surface area (Å²) in [6, 6.07) is 7.99. The monoisotopic (exact) mass is 345 g/mol. The molecule has 1 N–H and O–H groups in total. The Bertz CT molecular complexity index is 774. The standard InChI is InChI=1S/C15H15N5O3S/c1-10-7-11(2)18-15(17-10)24-9-14(21)19-16-8-12-5-3-4-6-13(12)20(22)23/h3-8H,9H2,1-2H3,(H,19,21). The summed E-state index contributed by atoms with van der Waals surface area (Å²) in [6.45, 7) is 3.71. The van der Waals surface area contributed by atoms with Gasteiger partial charge in [-0.05, 0) is 26.0 Å². The highest BCUT2D eigenvalue weighted by Gasteiger charge is 2.10. The minimum atomic E-state index is -0.504. The van der Waals surface area contributed by atoms with Gasteiger partial charge in [0.15, 0.2) is 5.16 Å². The van der Waals surface area contributed by atoms with Crippen LogP contribution < -0.4 is 5.43 Å². The molecule has 1 aromatic heterocycles. The second-order valence-corrected chi connectivity index (χ2v) is 5.77. The van der Waals surface area contributed by atoms with Gasteiger partial charge < -0.3 is 0 Å². The predicted octanol–water partition coefficient (Wildman–Crippen LogP) is 2.24. The Kier molecular flexibility index (Phi) is 5.96. The third kappa shape index (κ3) is 5.13. The number of nitrogens with zero attached hydrogens (tertiary/aromatic N) is 4. The number of carbonyl (C=O) groups excluding carboxylic acids is 1. The third-order valence-electron chi connectivity index (χ3n) is 2.82. The summed E-state index contributed by atoms with van der Waals surface area (Å²) in [7, 11) is 0. The van der Waals surface area contributed by atoms with Gasteiger partial charge in [0.05, 0.1) is 22.5 Å². The van der Waals surface area contributed by atoms with Crippen LogP contribution in [0.3, 0.4) is 0 Å². The van der Waals surface area contributed by atoms with Crippen LogP contribution in [0.5, 0.6) is 0 Å². The van der Waals surface area contributed by atoms with Gasteiger partial charge in [0.1, 0.15) is 0 Å². The van der Waals surface area contributed by atoms with E-state index in [0.717, 1.165) is 11.4 Å². The molecular weight excluding hydrogens is 330 g/mol. The molecule has 2 aromatic rings. The maximum Gasteiger partial charge on any atom is 0.278 e. The molecule has 0 aliphatic heterocycles. The zero-order valence-corrected chi connectivity index (χ0v) is 13.9. The fourth-order valence-electron chi connectivity index (χ4n) is 1.86. The van der Waals surface area contributed by atoms with Gasteiger partial charge in [-0.15, -0.1) is 0 Å². The zero-order valence-electron chi connectivity index (χ0n) is 13.1. The lowest BCUT2D eigenvalue weighted by atomic mass is 10.2. The molecule has 0 unspecified atom stereocenters. The van der Waals surface area contributed by atoms with Crippen molar-refractivity contribution in [1.82, 2.24) is 15.4 Å². The van der Waals surface area contributed by atoms with Crippen molar-refractivity contribution < 1.29 is 9.72 Å². The molecule has 0 spiro atoms. The number of hydrazone groups is 1. The number of carbonyl (C=O) groups is 1. The number of aryl methyl sites for hydroxylation is 2. The van der Waals surface area contributed by atoms with Crippen molar-refractivity contribution in [2.24, 2.45) is 5.10 Å². The molecule has 0 radical (unpaired) electrons. The van der Waals surface area contributed by atoms with Gasteiger partial charge in [-0.2, -0.15) is 5.10 Å². The average Bonchev–Trinajstić information content (AvgIpc) is 2.52.